The first kappa shape index (κ1) is 11.7. The number of morpholine rings is 1. The Morgan fingerprint density at radius 2 is 2.07 bits per heavy atom. The van der Waals surface area contributed by atoms with Crippen molar-refractivity contribution in [3.05, 3.63) is 14.3 Å². The molecule has 2 heterocycles. The molecule has 15 heavy (non-hydrogen) atoms. The molecule has 1 aliphatic rings. The van der Waals surface area contributed by atoms with Gasteiger partial charge < -0.3 is 4.74 Å². The van der Waals surface area contributed by atoms with Crippen LogP contribution in [0.15, 0.2) is 0 Å². The highest BCUT2D eigenvalue weighted by atomic mass is 32.9. The summed E-state index contributed by atoms with van der Waals surface area (Å²) in [7, 11) is 3.58. The summed E-state index contributed by atoms with van der Waals surface area (Å²) in [5.41, 5.74) is 1.33. The zero-order valence-electron chi connectivity index (χ0n) is 8.82. The molecular weight excluding hydrogens is 246 g/mol. The SMILES string of the molecule is Cc1c(CCN2CCOCC2)ssc1=S. The molecule has 1 aromatic rings. The monoisotopic (exact) mass is 261 g/mol. The van der Waals surface area contributed by atoms with Crippen LogP contribution in [0.4, 0.5) is 0 Å². The molecule has 2 rings (SSSR count). The Kier molecular flexibility index (Phi) is 4.28. The molecule has 0 N–H and O–H groups in total. The summed E-state index contributed by atoms with van der Waals surface area (Å²) in [4.78, 5) is 3.94. The molecule has 0 bridgehead atoms. The first-order valence-electron chi connectivity index (χ1n) is 5.16. The summed E-state index contributed by atoms with van der Waals surface area (Å²) in [5.74, 6) is 0. The minimum atomic E-state index is 0.887. The molecule has 1 aliphatic heterocycles. The summed E-state index contributed by atoms with van der Waals surface area (Å²) >= 11 is 5.24. The Bertz CT molecular complexity index is 365. The molecule has 2 nitrogen and oxygen atoms in total. The van der Waals surface area contributed by atoms with E-state index >= 15 is 0 Å². The second-order valence-electron chi connectivity index (χ2n) is 3.71. The molecule has 1 saturated heterocycles. The zero-order chi connectivity index (χ0) is 10.7. The van der Waals surface area contributed by atoms with Crippen molar-refractivity contribution >= 4 is 32.9 Å². The van der Waals surface area contributed by atoms with Crippen molar-refractivity contribution in [1.29, 1.82) is 0 Å². The molecular formula is C10H15NOS3. The van der Waals surface area contributed by atoms with Crippen LogP contribution in [0.5, 0.6) is 0 Å². The van der Waals surface area contributed by atoms with Crippen molar-refractivity contribution in [3.8, 4) is 0 Å². The molecule has 0 atom stereocenters. The summed E-state index contributed by atoms with van der Waals surface area (Å²) in [6.07, 6.45) is 1.14. The van der Waals surface area contributed by atoms with E-state index in [0.717, 1.165) is 43.1 Å². The van der Waals surface area contributed by atoms with Crippen LogP contribution < -0.4 is 0 Å². The summed E-state index contributed by atoms with van der Waals surface area (Å²) in [6, 6.07) is 0. The second-order valence-corrected chi connectivity index (χ2v) is 6.61. The van der Waals surface area contributed by atoms with Gasteiger partial charge in [0.1, 0.15) is 3.82 Å². The minimum Gasteiger partial charge on any atom is -0.379 e. The largest absolute Gasteiger partial charge is 0.379 e. The predicted molar refractivity (Wildman–Crippen MR) is 68.7 cm³/mol. The minimum absolute atomic E-state index is 0.887. The Labute approximate surface area is 103 Å². The van der Waals surface area contributed by atoms with Gasteiger partial charge in [0.25, 0.3) is 0 Å². The molecule has 0 radical (unpaired) electrons. The van der Waals surface area contributed by atoms with Crippen molar-refractivity contribution in [2.75, 3.05) is 32.8 Å². The van der Waals surface area contributed by atoms with Crippen LogP contribution in [0.25, 0.3) is 0 Å². The average molecular weight is 261 g/mol. The van der Waals surface area contributed by atoms with Crippen LogP contribution in [0.3, 0.4) is 0 Å². The van der Waals surface area contributed by atoms with E-state index in [1.54, 1.807) is 10.3 Å². The van der Waals surface area contributed by atoms with E-state index in [1.807, 2.05) is 10.3 Å². The fourth-order valence-electron chi connectivity index (χ4n) is 1.64. The topological polar surface area (TPSA) is 12.5 Å². The van der Waals surface area contributed by atoms with Crippen molar-refractivity contribution < 1.29 is 4.74 Å². The Balaban J connectivity index is 1.87. The van der Waals surface area contributed by atoms with E-state index in [-0.39, 0.29) is 0 Å². The van der Waals surface area contributed by atoms with Crippen LogP contribution in [0.2, 0.25) is 0 Å². The lowest BCUT2D eigenvalue weighted by Crippen LogP contribution is -2.37. The van der Waals surface area contributed by atoms with Crippen LogP contribution >= 0.6 is 32.9 Å². The maximum Gasteiger partial charge on any atom is 0.105 e. The fraction of sp³-hybridized carbons (Fsp3) is 0.700. The third-order valence-corrected chi connectivity index (χ3v) is 6.18. The standard InChI is InChI=1S/C10H15NOS3/c1-8-9(14-15-10(8)13)2-3-11-4-6-12-7-5-11/h2-7H2,1H3. The van der Waals surface area contributed by atoms with Crippen LogP contribution in [-0.2, 0) is 11.2 Å². The van der Waals surface area contributed by atoms with Crippen molar-refractivity contribution in [2.24, 2.45) is 0 Å². The molecule has 0 aromatic carbocycles. The van der Waals surface area contributed by atoms with Gasteiger partial charge in [0.05, 0.1) is 13.2 Å². The van der Waals surface area contributed by atoms with Gasteiger partial charge in [0.2, 0.25) is 0 Å². The van der Waals surface area contributed by atoms with Crippen molar-refractivity contribution in [2.45, 2.75) is 13.3 Å². The third-order valence-electron chi connectivity index (χ3n) is 2.70. The van der Waals surface area contributed by atoms with Crippen LogP contribution in [-0.4, -0.2) is 37.7 Å². The second kappa shape index (κ2) is 5.50. The van der Waals surface area contributed by atoms with Gasteiger partial charge in [0.15, 0.2) is 0 Å². The molecule has 84 valence electrons. The fourth-order valence-corrected chi connectivity index (χ4v) is 4.55. The van der Waals surface area contributed by atoms with Gasteiger partial charge in [0, 0.05) is 24.5 Å². The third kappa shape index (κ3) is 3.07. The van der Waals surface area contributed by atoms with Crippen molar-refractivity contribution in [1.82, 2.24) is 4.90 Å². The normalized spacial score (nSPS) is 18.2. The van der Waals surface area contributed by atoms with Gasteiger partial charge in [-0.1, -0.05) is 32.9 Å². The summed E-state index contributed by atoms with van der Waals surface area (Å²) < 4.78 is 6.39. The van der Waals surface area contributed by atoms with Gasteiger partial charge in [-0.2, -0.15) is 0 Å². The number of rotatable bonds is 3. The molecule has 0 saturated carbocycles. The van der Waals surface area contributed by atoms with Gasteiger partial charge >= 0.3 is 0 Å². The van der Waals surface area contributed by atoms with E-state index in [0.29, 0.717) is 0 Å². The van der Waals surface area contributed by atoms with Gasteiger partial charge in [-0.3, -0.25) is 4.90 Å². The predicted octanol–water partition coefficient (Wildman–Crippen LogP) is 2.72. The lowest BCUT2D eigenvalue weighted by Gasteiger charge is -2.26. The van der Waals surface area contributed by atoms with E-state index < -0.39 is 0 Å². The number of hydrogen-bond acceptors (Lipinski definition) is 5. The highest BCUT2D eigenvalue weighted by Gasteiger charge is 2.11. The molecule has 1 fully saturated rings. The molecule has 1 aromatic heterocycles. The van der Waals surface area contributed by atoms with Crippen LogP contribution in [0, 0.1) is 10.7 Å². The lowest BCUT2D eigenvalue weighted by atomic mass is 10.2. The highest BCUT2D eigenvalue weighted by molar-refractivity contribution is 7.79. The molecule has 0 amide bonds. The van der Waals surface area contributed by atoms with Gasteiger partial charge in [-0.05, 0) is 18.9 Å². The van der Waals surface area contributed by atoms with E-state index in [9.17, 15) is 0 Å². The van der Waals surface area contributed by atoms with Crippen LogP contribution in [0.1, 0.15) is 10.4 Å². The molecule has 0 aliphatic carbocycles. The molecule has 0 unspecified atom stereocenters. The van der Waals surface area contributed by atoms with E-state index in [2.05, 4.69) is 11.8 Å². The summed E-state index contributed by atoms with van der Waals surface area (Å²) in [6.45, 7) is 7.22. The maximum absolute atomic E-state index is 5.33. The van der Waals surface area contributed by atoms with E-state index in [4.69, 9.17) is 17.0 Å². The molecule has 5 heteroatoms. The Hall–Kier alpha value is 0.190. The average Bonchev–Trinajstić information content (AvgIpc) is 2.59. The summed E-state index contributed by atoms with van der Waals surface area (Å²) in [5, 5.41) is 0. The zero-order valence-corrected chi connectivity index (χ0v) is 11.3. The van der Waals surface area contributed by atoms with Crippen molar-refractivity contribution in [3.63, 3.8) is 0 Å². The maximum atomic E-state index is 5.33. The quantitative estimate of drug-likeness (QED) is 0.613. The number of nitrogens with zero attached hydrogens (tertiary/aromatic N) is 1. The smallest absolute Gasteiger partial charge is 0.105 e. The Morgan fingerprint density at radius 1 is 1.33 bits per heavy atom. The first-order chi connectivity index (χ1) is 7.27. The van der Waals surface area contributed by atoms with Gasteiger partial charge in [-0.15, -0.1) is 0 Å². The lowest BCUT2D eigenvalue weighted by molar-refractivity contribution is 0.0385. The van der Waals surface area contributed by atoms with E-state index in [1.165, 1.54) is 10.4 Å². The first-order valence-corrected chi connectivity index (χ1v) is 7.72. The number of ether oxygens (including phenoxy) is 1. The molecule has 0 spiro atoms. The van der Waals surface area contributed by atoms with Gasteiger partial charge in [-0.25, -0.2) is 0 Å². The Morgan fingerprint density at radius 3 is 2.67 bits per heavy atom. The highest BCUT2D eigenvalue weighted by Crippen LogP contribution is 2.24. The number of hydrogen-bond donors (Lipinski definition) is 0.